The normalized spacial score (nSPS) is 14.6. The van der Waals surface area contributed by atoms with Crippen LogP contribution >= 0.6 is 0 Å². The molecule has 2 rings (SSSR count). The highest BCUT2D eigenvalue weighted by Gasteiger charge is 2.22. The van der Waals surface area contributed by atoms with E-state index in [1.165, 1.54) is 12.8 Å². The van der Waals surface area contributed by atoms with Crippen LogP contribution in [0.4, 0.5) is 5.69 Å². The Balaban J connectivity index is 2.08. The Labute approximate surface area is 95.5 Å². The van der Waals surface area contributed by atoms with E-state index in [4.69, 9.17) is 0 Å². The van der Waals surface area contributed by atoms with Crippen LogP contribution in [-0.4, -0.2) is 24.5 Å². The number of aryl methyl sites for hydroxylation is 1. The Morgan fingerprint density at radius 2 is 2.31 bits per heavy atom. The number of aromatic nitrogens is 1. The number of rotatable bonds is 4. The summed E-state index contributed by atoms with van der Waals surface area (Å²) in [5.74, 6) is 0.657. The van der Waals surface area contributed by atoms with Crippen molar-refractivity contribution in [3.05, 3.63) is 23.5 Å². The van der Waals surface area contributed by atoms with Gasteiger partial charge in [-0.2, -0.15) is 0 Å². The largest absolute Gasteiger partial charge is 0.387 e. The van der Waals surface area contributed by atoms with E-state index in [0.717, 1.165) is 17.9 Å². The molecule has 0 spiro atoms. The van der Waals surface area contributed by atoms with E-state index in [1.54, 1.807) is 6.20 Å². The van der Waals surface area contributed by atoms with Gasteiger partial charge in [-0.3, -0.25) is 9.78 Å². The maximum absolute atomic E-state index is 11.9. The van der Waals surface area contributed by atoms with Crippen LogP contribution in [0.2, 0.25) is 0 Å². The molecule has 1 aliphatic rings. The molecule has 1 aliphatic carbocycles. The second kappa shape index (κ2) is 4.51. The van der Waals surface area contributed by atoms with Crippen LogP contribution in [0.3, 0.4) is 0 Å². The Morgan fingerprint density at radius 1 is 1.56 bits per heavy atom. The van der Waals surface area contributed by atoms with Crippen LogP contribution < -0.4 is 10.6 Å². The smallest absolute Gasteiger partial charge is 0.254 e. The van der Waals surface area contributed by atoms with E-state index in [-0.39, 0.29) is 5.91 Å². The lowest BCUT2D eigenvalue weighted by Gasteiger charge is -2.09. The molecule has 2 N–H and O–H groups in total. The summed E-state index contributed by atoms with van der Waals surface area (Å²) in [6, 6.07) is 1.88. The number of pyridine rings is 1. The number of hydrogen-bond donors (Lipinski definition) is 2. The van der Waals surface area contributed by atoms with E-state index in [0.29, 0.717) is 11.5 Å². The monoisotopic (exact) mass is 219 g/mol. The van der Waals surface area contributed by atoms with Crippen LogP contribution in [0.5, 0.6) is 0 Å². The molecule has 86 valence electrons. The number of nitrogens with zero attached hydrogens (tertiary/aromatic N) is 1. The lowest BCUT2D eigenvalue weighted by atomic mass is 10.2. The van der Waals surface area contributed by atoms with Crippen molar-refractivity contribution in [2.45, 2.75) is 19.8 Å². The summed E-state index contributed by atoms with van der Waals surface area (Å²) < 4.78 is 0. The highest BCUT2D eigenvalue weighted by Crippen LogP contribution is 2.27. The number of nitrogens with one attached hydrogen (secondary N) is 2. The van der Waals surface area contributed by atoms with E-state index < -0.39 is 0 Å². The van der Waals surface area contributed by atoms with Gasteiger partial charge < -0.3 is 10.6 Å². The fourth-order valence-electron chi connectivity index (χ4n) is 1.60. The second-order valence-electron chi connectivity index (χ2n) is 4.27. The molecular formula is C12H17N3O. The van der Waals surface area contributed by atoms with Crippen LogP contribution in [0.25, 0.3) is 0 Å². The van der Waals surface area contributed by atoms with Gasteiger partial charge in [0.15, 0.2) is 0 Å². The van der Waals surface area contributed by atoms with Gasteiger partial charge in [0.05, 0.1) is 11.3 Å². The van der Waals surface area contributed by atoms with E-state index >= 15 is 0 Å². The molecule has 1 aromatic heterocycles. The number of carbonyl (C=O) groups excluding carboxylic acids is 1. The van der Waals surface area contributed by atoms with Gasteiger partial charge in [0.25, 0.3) is 5.91 Å². The van der Waals surface area contributed by atoms with Gasteiger partial charge in [-0.25, -0.2) is 0 Å². The summed E-state index contributed by atoms with van der Waals surface area (Å²) in [5.41, 5.74) is 2.36. The zero-order valence-corrected chi connectivity index (χ0v) is 9.71. The summed E-state index contributed by atoms with van der Waals surface area (Å²) in [6.07, 6.45) is 4.11. The molecule has 1 fully saturated rings. The summed E-state index contributed by atoms with van der Waals surface area (Å²) in [4.78, 5) is 16.0. The topological polar surface area (TPSA) is 54.0 Å². The molecule has 0 radical (unpaired) electrons. The van der Waals surface area contributed by atoms with Crippen molar-refractivity contribution in [3.8, 4) is 0 Å². The fourth-order valence-corrected chi connectivity index (χ4v) is 1.60. The van der Waals surface area contributed by atoms with Crippen molar-refractivity contribution in [1.82, 2.24) is 10.3 Å². The average molecular weight is 219 g/mol. The summed E-state index contributed by atoms with van der Waals surface area (Å²) in [6.45, 7) is 2.70. The Hall–Kier alpha value is -1.58. The van der Waals surface area contributed by atoms with Crippen LogP contribution in [-0.2, 0) is 0 Å². The fraction of sp³-hybridized carbons (Fsp3) is 0.500. The van der Waals surface area contributed by atoms with Gasteiger partial charge in [-0.15, -0.1) is 0 Å². The first kappa shape index (κ1) is 10.9. The van der Waals surface area contributed by atoms with Crippen LogP contribution in [0.15, 0.2) is 12.3 Å². The Kier molecular flexibility index (Phi) is 3.08. The molecule has 1 amide bonds. The predicted molar refractivity (Wildman–Crippen MR) is 63.6 cm³/mol. The number of hydrogen-bond acceptors (Lipinski definition) is 3. The molecule has 1 aromatic rings. The molecule has 1 heterocycles. The zero-order chi connectivity index (χ0) is 11.5. The maximum atomic E-state index is 11.9. The minimum absolute atomic E-state index is 0.0382. The number of amides is 1. The quantitative estimate of drug-likeness (QED) is 0.808. The van der Waals surface area contributed by atoms with Crippen molar-refractivity contribution in [2.24, 2.45) is 5.92 Å². The average Bonchev–Trinajstić information content (AvgIpc) is 3.09. The van der Waals surface area contributed by atoms with E-state index in [9.17, 15) is 4.79 Å². The van der Waals surface area contributed by atoms with Crippen molar-refractivity contribution in [3.63, 3.8) is 0 Å². The van der Waals surface area contributed by atoms with E-state index in [2.05, 4.69) is 15.6 Å². The first-order valence-corrected chi connectivity index (χ1v) is 5.63. The summed E-state index contributed by atoms with van der Waals surface area (Å²) in [5, 5.41) is 5.96. The minimum Gasteiger partial charge on any atom is -0.387 e. The molecule has 4 nitrogen and oxygen atoms in total. The molecular weight excluding hydrogens is 202 g/mol. The molecule has 1 saturated carbocycles. The maximum Gasteiger partial charge on any atom is 0.254 e. The van der Waals surface area contributed by atoms with Gasteiger partial charge in [0.1, 0.15) is 0 Å². The SMILES string of the molecule is CNc1cc(C)ncc1C(=O)NCC1CC1. The van der Waals surface area contributed by atoms with Crippen molar-refractivity contribution in [1.29, 1.82) is 0 Å². The van der Waals surface area contributed by atoms with Gasteiger partial charge >= 0.3 is 0 Å². The summed E-state index contributed by atoms with van der Waals surface area (Å²) >= 11 is 0. The molecule has 0 aromatic carbocycles. The molecule has 0 bridgehead atoms. The van der Waals surface area contributed by atoms with Crippen LogP contribution in [0, 0.1) is 12.8 Å². The third-order valence-electron chi connectivity index (χ3n) is 2.80. The van der Waals surface area contributed by atoms with Crippen LogP contribution in [0.1, 0.15) is 28.9 Å². The molecule has 4 heteroatoms. The lowest BCUT2D eigenvalue weighted by Crippen LogP contribution is -2.26. The first-order chi connectivity index (χ1) is 7.70. The summed E-state index contributed by atoms with van der Waals surface area (Å²) in [7, 11) is 1.81. The molecule has 16 heavy (non-hydrogen) atoms. The third-order valence-corrected chi connectivity index (χ3v) is 2.80. The molecule has 0 atom stereocenters. The number of carbonyl (C=O) groups is 1. The third kappa shape index (κ3) is 2.51. The van der Waals surface area contributed by atoms with Crippen molar-refractivity contribution >= 4 is 11.6 Å². The standard InChI is InChI=1S/C12H17N3O/c1-8-5-11(13-2)10(7-14-8)12(16)15-6-9-3-4-9/h5,7,9H,3-4,6H2,1-2H3,(H,13,14)(H,15,16). The lowest BCUT2D eigenvalue weighted by molar-refractivity contribution is 0.0952. The van der Waals surface area contributed by atoms with E-state index in [1.807, 2.05) is 20.0 Å². The first-order valence-electron chi connectivity index (χ1n) is 5.63. The highest BCUT2D eigenvalue weighted by atomic mass is 16.1. The number of anilines is 1. The zero-order valence-electron chi connectivity index (χ0n) is 9.71. The Morgan fingerprint density at radius 3 is 2.94 bits per heavy atom. The van der Waals surface area contributed by atoms with Gasteiger partial charge in [0.2, 0.25) is 0 Å². The van der Waals surface area contributed by atoms with Crippen molar-refractivity contribution < 1.29 is 4.79 Å². The molecule has 0 aliphatic heterocycles. The minimum atomic E-state index is -0.0382. The van der Waals surface area contributed by atoms with Gasteiger partial charge in [-0.1, -0.05) is 0 Å². The highest BCUT2D eigenvalue weighted by molar-refractivity contribution is 5.99. The Bertz CT molecular complexity index is 399. The van der Waals surface area contributed by atoms with Gasteiger partial charge in [0, 0.05) is 25.5 Å². The molecule has 0 unspecified atom stereocenters. The second-order valence-corrected chi connectivity index (χ2v) is 4.27. The van der Waals surface area contributed by atoms with Gasteiger partial charge in [-0.05, 0) is 31.7 Å². The molecule has 0 saturated heterocycles. The predicted octanol–water partition coefficient (Wildman–Crippen LogP) is 1.57. The van der Waals surface area contributed by atoms with Crippen molar-refractivity contribution in [2.75, 3.05) is 18.9 Å².